The second-order valence-electron chi connectivity index (χ2n) is 11.4. The van der Waals surface area contributed by atoms with Crippen molar-refractivity contribution in [3.05, 3.63) is 65.7 Å². The monoisotopic (exact) mass is 563 g/mol. The molecule has 9 nitrogen and oxygen atoms in total. The maximum absolute atomic E-state index is 13.8. The smallest absolute Gasteiger partial charge is 0.237 e. The Labute approximate surface area is 242 Å². The number of carbonyl (C=O) groups is 4. The first-order valence-corrected chi connectivity index (χ1v) is 14.3. The molecule has 2 aliphatic heterocycles. The molecule has 2 aliphatic rings. The van der Waals surface area contributed by atoms with E-state index < -0.39 is 23.6 Å². The van der Waals surface area contributed by atoms with Crippen molar-refractivity contribution in [1.82, 2.24) is 15.5 Å². The molecule has 0 spiro atoms. The van der Waals surface area contributed by atoms with Crippen LogP contribution < -0.4 is 15.4 Å². The fourth-order valence-electron chi connectivity index (χ4n) is 5.32. The van der Waals surface area contributed by atoms with Crippen LogP contribution >= 0.6 is 0 Å². The summed E-state index contributed by atoms with van der Waals surface area (Å²) in [5, 5.41) is 5.80. The number of rotatable bonds is 14. The molecule has 0 aliphatic carbocycles. The second kappa shape index (κ2) is 13.4. The Morgan fingerprint density at radius 2 is 1.68 bits per heavy atom. The van der Waals surface area contributed by atoms with Crippen LogP contribution in [0.15, 0.2) is 54.6 Å². The third-order valence-electron chi connectivity index (χ3n) is 8.14. The molecular formula is C32H41N3O6. The van der Waals surface area contributed by atoms with Gasteiger partial charge in [0, 0.05) is 12.3 Å². The van der Waals surface area contributed by atoms with Crippen molar-refractivity contribution in [3.8, 4) is 5.75 Å². The van der Waals surface area contributed by atoms with E-state index in [1.807, 2.05) is 54.4 Å². The van der Waals surface area contributed by atoms with Gasteiger partial charge in [0.15, 0.2) is 11.6 Å². The van der Waals surface area contributed by atoms with Crippen LogP contribution in [0.5, 0.6) is 5.75 Å². The van der Waals surface area contributed by atoms with Crippen molar-refractivity contribution in [1.29, 1.82) is 0 Å². The molecule has 2 saturated heterocycles. The van der Waals surface area contributed by atoms with Gasteiger partial charge in [-0.25, -0.2) is 0 Å². The van der Waals surface area contributed by atoms with Gasteiger partial charge in [0.2, 0.25) is 11.8 Å². The average Bonchev–Trinajstić information content (AvgIpc) is 3.58. The summed E-state index contributed by atoms with van der Waals surface area (Å²) in [6, 6.07) is 15.0. The third kappa shape index (κ3) is 8.01. The highest BCUT2D eigenvalue weighted by Gasteiger charge is 2.50. The molecule has 2 aromatic rings. The first kappa shape index (κ1) is 30.4. The lowest BCUT2D eigenvalue weighted by Gasteiger charge is -2.25. The number of carbonyl (C=O) groups excluding carboxylic acids is 4. The molecule has 5 atom stereocenters. The number of methoxy groups -OCH3 is 1. The number of epoxide rings is 1. The zero-order valence-electron chi connectivity index (χ0n) is 24.4. The summed E-state index contributed by atoms with van der Waals surface area (Å²) in [6.45, 7) is 4.54. The van der Waals surface area contributed by atoms with Gasteiger partial charge >= 0.3 is 0 Å². The summed E-state index contributed by atoms with van der Waals surface area (Å²) in [5.41, 5.74) is 0.845. The molecule has 2 aromatic carbocycles. The molecular weight excluding hydrogens is 522 g/mol. The maximum Gasteiger partial charge on any atom is 0.237 e. The largest absolute Gasteiger partial charge is 0.497 e. The van der Waals surface area contributed by atoms with Gasteiger partial charge in [-0.05, 0) is 76.4 Å². The molecule has 2 fully saturated rings. The van der Waals surface area contributed by atoms with E-state index in [2.05, 4.69) is 10.6 Å². The van der Waals surface area contributed by atoms with Gasteiger partial charge in [-0.3, -0.25) is 24.1 Å². The van der Waals surface area contributed by atoms with Gasteiger partial charge < -0.3 is 20.1 Å². The first-order valence-electron chi connectivity index (χ1n) is 14.3. The minimum atomic E-state index is -0.916. The van der Waals surface area contributed by atoms with Gasteiger partial charge in [0.1, 0.15) is 11.4 Å². The average molecular weight is 564 g/mol. The Morgan fingerprint density at radius 3 is 2.27 bits per heavy atom. The Bertz CT molecular complexity index is 1230. The minimum Gasteiger partial charge on any atom is -0.497 e. The molecule has 2 amide bonds. The summed E-state index contributed by atoms with van der Waals surface area (Å²) < 4.78 is 10.7. The van der Waals surface area contributed by atoms with Crippen LogP contribution in [0.1, 0.15) is 44.2 Å². The number of nitrogens with zero attached hydrogens (tertiary/aromatic N) is 1. The van der Waals surface area contributed by atoms with Crippen LogP contribution in [0.2, 0.25) is 0 Å². The number of likely N-dealkylation sites (tertiary alicyclic amines) is 1. The number of likely N-dealkylation sites (N-methyl/N-ethyl adjacent to an activating group) is 1. The van der Waals surface area contributed by atoms with Crippen molar-refractivity contribution in [2.75, 3.05) is 27.3 Å². The van der Waals surface area contributed by atoms with Crippen molar-refractivity contribution >= 4 is 23.4 Å². The fraction of sp³-hybridized carbons (Fsp3) is 0.500. The summed E-state index contributed by atoms with van der Waals surface area (Å²) in [4.78, 5) is 55.3. The SMILES string of the molecule is COc1ccc(C[C@H](CC(=O)[C@H](C)NC(=O)[C@@H]2CCCN2C)C(=O)N[C@@H](Cc2ccccc2)C(=O)[C@@]2(C)CO2)cc1. The number of Topliss-reactive ketones (excluding diaryl/α,β-unsaturated/α-hetero) is 2. The molecule has 41 heavy (non-hydrogen) atoms. The normalized spacial score (nSPS) is 22.3. The Balaban J connectivity index is 1.50. The van der Waals surface area contributed by atoms with Gasteiger partial charge in [-0.15, -0.1) is 0 Å². The Hall–Kier alpha value is -3.56. The van der Waals surface area contributed by atoms with E-state index in [1.165, 1.54) is 0 Å². The highest BCUT2D eigenvalue weighted by atomic mass is 16.6. The molecule has 0 saturated carbocycles. The van der Waals surface area contributed by atoms with Gasteiger partial charge in [0.05, 0.1) is 31.8 Å². The summed E-state index contributed by atoms with van der Waals surface area (Å²) in [7, 11) is 3.48. The van der Waals surface area contributed by atoms with E-state index in [0.717, 1.165) is 30.5 Å². The molecule has 2 heterocycles. The Morgan fingerprint density at radius 1 is 1.02 bits per heavy atom. The lowest BCUT2D eigenvalue weighted by Crippen LogP contribution is -2.50. The molecule has 0 radical (unpaired) electrons. The molecule has 4 rings (SSSR count). The van der Waals surface area contributed by atoms with Gasteiger partial charge in [0.25, 0.3) is 0 Å². The molecule has 0 aromatic heterocycles. The number of hydrogen-bond acceptors (Lipinski definition) is 7. The number of hydrogen-bond donors (Lipinski definition) is 2. The minimum absolute atomic E-state index is 0.0835. The molecule has 0 unspecified atom stereocenters. The van der Waals surface area contributed by atoms with E-state index in [0.29, 0.717) is 18.8 Å². The van der Waals surface area contributed by atoms with E-state index in [1.54, 1.807) is 33.1 Å². The maximum atomic E-state index is 13.8. The predicted molar refractivity (Wildman–Crippen MR) is 155 cm³/mol. The van der Waals surface area contributed by atoms with Crippen molar-refractivity contribution in [2.24, 2.45) is 5.92 Å². The van der Waals surface area contributed by atoms with Crippen molar-refractivity contribution in [3.63, 3.8) is 0 Å². The number of nitrogens with one attached hydrogen (secondary N) is 2. The fourth-order valence-corrected chi connectivity index (χ4v) is 5.32. The second-order valence-corrected chi connectivity index (χ2v) is 11.4. The van der Waals surface area contributed by atoms with Crippen LogP contribution in [-0.2, 0) is 36.8 Å². The van der Waals surface area contributed by atoms with E-state index in [-0.39, 0.29) is 42.3 Å². The zero-order valence-corrected chi connectivity index (χ0v) is 24.4. The van der Waals surface area contributed by atoms with Crippen molar-refractivity contribution in [2.45, 2.75) is 69.7 Å². The lowest BCUT2D eigenvalue weighted by molar-refractivity contribution is -0.134. The van der Waals surface area contributed by atoms with Gasteiger partial charge in [-0.1, -0.05) is 42.5 Å². The molecule has 2 N–H and O–H groups in total. The van der Waals surface area contributed by atoms with Crippen LogP contribution in [0.25, 0.3) is 0 Å². The number of ketones is 2. The van der Waals surface area contributed by atoms with Crippen LogP contribution in [0.3, 0.4) is 0 Å². The quantitative estimate of drug-likeness (QED) is 0.339. The standard InChI is InChI=1S/C32H41N3O6/c1-21(33-31(39)27-11-8-16-35(27)3)28(36)19-24(17-23-12-14-25(40-4)15-13-23)30(38)34-26(29(37)32(2)20-41-32)18-22-9-6-5-7-10-22/h5-7,9-10,12-15,21,24,26-27H,8,11,16-20H2,1-4H3,(H,33,39)(H,34,38)/t21-,24+,26-,27-,32+/m0/s1. The summed E-state index contributed by atoms with van der Waals surface area (Å²) in [6.07, 6.45) is 2.21. The molecule has 0 bridgehead atoms. The predicted octanol–water partition coefficient (Wildman–Crippen LogP) is 2.50. The van der Waals surface area contributed by atoms with Crippen LogP contribution in [-0.4, -0.2) is 79.3 Å². The van der Waals surface area contributed by atoms with E-state index >= 15 is 0 Å². The molecule has 9 heteroatoms. The highest BCUT2D eigenvalue weighted by Crippen LogP contribution is 2.29. The number of benzene rings is 2. The van der Waals surface area contributed by atoms with Crippen LogP contribution in [0, 0.1) is 5.92 Å². The zero-order chi connectivity index (χ0) is 29.6. The van der Waals surface area contributed by atoms with E-state index in [4.69, 9.17) is 9.47 Å². The van der Waals surface area contributed by atoms with Crippen molar-refractivity contribution < 1.29 is 28.7 Å². The molecule has 220 valence electrons. The lowest BCUT2D eigenvalue weighted by atomic mass is 9.89. The number of amides is 2. The Kier molecular flexibility index (Phi) is 9.94. The third-order valence-corrected chi connectivity index (χ3v) is 8.14. The number of ether oxygens (including phenoxy) is 2. The van der Waals surface area contributed by atoms with Gasteiger partial charge in [-0.2, -0.15) is 0 Å². The summed E-state index contributed by atoms with van der Waals surface area (Å²) in [5.74, 6) is -1.05. The van der Waals surface area contributed by atoms with E-state index in [9.17, 15) is 19.2 Å². The first-order chi connectivity index (χ1) is 19.6. The van der Waals surface area contributed by atoms with Crippen LogP contribution in [0.4, 0.5) is 0 Å². The highest BCUT2D eigenvalue weighted by molar-refractivity contribution is 5.98. The topological polar surface area (TPSA) is 117 Å². The summed E-state index contributed by atoms with van der Waals surface area (Å²) >= 11 is 0.